The largest absolute Gasteiger partial charge is 0.386 e. The topological polar surface area (TPSA) is 49.3 Å². The van der Waals surface area contributed by atoms with Crippen molar-refractivity contribution in [1.29, 1.82) is 0 Å². The van der Waals surface area contributed by atoms with E-state index in [1.165, 1.54) is 17.8 Å². The van der Waals surface area contributed by atoms with E-state index in [1.54, 1.807) is 6.92 Å². The van der Waals surface area contributed by atoms with Gasteiger partial charge in [-0.2, -0.15) is 11.8 Å². The van der Waals surface area contributed by atoms with E-state index >= 15 is 0 Å². The molecule has 1 aromatic rings. The van der Waals surface area contributed by atoms with Crippen LogP contribution in [0.5, 0.6) is 0 Å². The van der Waals surface area contributed by atoms with Crippen molar-refractivity contribution in [3.63, 3.8) is 0 Å². The Morgan fingerprint density at radius 3 is 2.55 bits per heavy atom. The molecule has 0 spiro atoms. The predicted octanol–water partition coefficient (Wildman–Crippen LogP) is 2.64. The molecular weight excluding hydrogens is 284 g/mol. The molecule has 0 aliphatic rings. The second-order valence-corrected chi connectivity index (χ2v) is 5.59. The predicted molar refractivity (Wildman–Crippen MR) is 76.5 cm³/mol. The molecule has 0 saturated heterocycles. The molecule has 112 valence electrons. The molecule has 0 radical (unpaired) electrons. The molecule has 0 bridgehead atoms. The Morgan fingerprint density at radius 2 is 2.05 bits per heavy atom. The van der Waals surface area contributed by atoms with Crippen LogP contribution in [0.25, 0.3) is 0 Å². The molecule has 0 saturated carbocycles. The number of thioether (sulfide) groups is 1. The Bertz CT molecular complexity index is 466. The number of hydrogen-bond donors (Lipinski definition) is 2. The molecule has 3 atom stereocenters. The summed E-state index contributed by atoms with van der Waals surface area (Å²) >= 11 is 1.43. The maximum atomic E-state index is 13.1. The van der Waals surface area contributed by atoms with Crippen molar-refractivity contribution >= 4 is 17.7 Å². The minimum atomic E-state index is -1.09. The fourth-order valence-electron chi connectivity index (χ4n) is 1.84. The SMILES string of the molecule is CCC(SC)C(=O)NC(C)C(O)c1ccc(F)c(F)c1. The van der Waals surface area contributed by atoms with Crippen LogP contribution in [0.2, 0.25) is 0 Å². The third-order valence-electron chi connectivity index (χ3n) is 3.08. The zero-order valence-corrected chi connectivity index (χ0v) is 12.5. The van der Waals surface area contributed by atoms with Crippen LogP contribution >= 0.6 is 11.8 Å². The van der Waals surface area contributed by atoms with Gasteiger partial charge in [0.15, 0.2) is 11.6 Å². The van der Waals surface area contributed by atoms with Crippen LogP contribution in [-0.2, 0) is 4.79 Å². The molecule has 0 aromatic heterocycles. The van der Waals surface area contributed by atoms with Gasteiger partial charge in [0.1, 0.15) is 0 Å². The number of carbonyl (C=O) groups excluding carboxylic acids is 1. The molecule has 20 heavy (non-hydrogen) atoms. The van der Waals surface area contributed by atoms with Gasteiger partial charge in [0.05, 0.1) is 17.4 Å². The standard InChI is InChI=1S/C14H19F2NO2S/c1-4-12(20-3)14(19)17-8(2)13(18)9-5-6-10(15)11(16)7-9/h5-8,12-13,18H,4H2,1-3H3,(H,17,19). The number of rotatable bonds is 6. The highest BCUT2D eigenvalue weighted by Crippen LogP contribution is 2.20. The van der Waals surface area contributed by atoms with Crippen molar-refractivity contribution in [3.05, 3.63) is 35.4 Å². The fraction of sp³-hybridized carbons (Fsp3) is 0.500. The zero-order chi connectivity index (χ0) is 15.3. The first-order valence-electron chi connectivity index (χ1n) is 6.36. The molecule has 6 heteroatoms. The lowest BCUT2D eigenvalue weighted by atomic mass is 10.0. The highest BCUT2D eigenvalue weighted by Gasteiger charge is 2.23. The van der Waals surface area contributed by atoms with E-state index in [0.717, 1.165) is 12.1 Å². The highest BCUT2D eigenvalue weighted by molar-refractivity contribution is 7.99. The Labute approximate surface area is 121 Å². The summed E-state index contributed by atoms with van der Waals surface area (Å²) in [5.74, 6) is -2.16. The third-order valence-corrected chi connectivity index (χ3v) is 4.19. The van der Waals surface area contributed by atoms with Gasteiger partial charge in [-0.1, -0.05) is 13.0 Å². The number of carbonyl (C=O) groups is 1. The maximum absolute atomic E-state index is 13.1. The Kier molecular flexibility index (Phi) is 6.42. The Hall–Kier alpha value is -1.14. The second kappa shape index (κ2) is 7.59. The van der Waals surface area contributed by atoms with Crippen LogP contribution in [-0.4, -0.2) is 28.6 Å². The van der Waals surface area contributed by atoms with Gasteiger partial charge in [0, 0.05) is 0 Å². The average molecular weight is 303 g/mol. The van der Waals surface area contributed by atoms with Crippen molar-refractivity contribution < 1.29 is 18.7 Å². The summed E-state index contributed by atoms with van der Waals surface area (Å²) in [6.45, 7) is 3.52. The quantitative estimate of drug-likeness (QED) is 0.849. The molecule has 2 N–H and O–H groups in total. The summed E-state index contributed by atoms with van der Waals surface area (Å²) in [7, 11) is 0. The van der Waals surface area contributed by atoms with E-state index in [9.17, 15) is 18.7 Å². The summed E-state index contributed by atoms with van der Waals surface area (Å²) < 4.78 is 26.0. The number of halogens is 2. The van der Waals surface area contributed by atoms with Gasteiger partial charge >= 0.3 is 0 Å². The van der Waals surface area contributed by atoms with Gasteiger partial charge in [-0.3, -0.25) is 4.79 Å². The van der Waals surface area contributed by atoms with E-state index in [0.29, 0.717) is 6.42 Å². The molecule has 1 aromatic carbocycles. The lowest BCUT2D eigenvalue weighted by molar-refractivity contribution is -0.122. The van der Waals surface area contributed by atoms with Crippen LogP contribution in [0.1, 0.15) is 31.9 Å². The van der Waals surface area contributed by atoms with Crippen molar-refractivity contribution in [2.24, 2.45) is 0 Å². The van der Waals surface area contributed by atoms with Crippen molar-refractivity contribution in [2.75, 3.05) is 6.26 Å². The lowest BCUT2D eigenvalue weighted by Gasteiger charge is -2.23. The van der Waals surface area contributed by atoms with Gasteiger partial charge in [-0.25, -0.2) is 8.78 Å². The summed E-state index contributed by atoms with van der Waals surface area (Å²) in [5.41, 5.74) is 0.230. The first-order valence-corrected chi connectivity index (χ1v) is 7.65. The van der Waals surface area contributed by atoms with Crippen LogP contribution < -0.4 is 5.32 Å². The molecule has 0 heterocycles. The number of aliphatic hydroxyl groups is 1. The van der Waals surface area contributed by atoms with Crippen molar-refractivity contribution in [3.8, 4) is 0 Å². The smallest absolute Gasteiger partial charge is 0.233 e. The Balaban J connectivity index is 2.73. The minimum absolute atomic E-state index is 0.172. The van der Waals surface area contributed by atoms with Crippen LogP contribution in [0.15, 0.2) is 18.2 Å². The summed E-state index contributed by atoms with van der Waals surface area (Å²) in [4.78, 5) is 11.9. The summed E-state index contributed by atoms with van der Waals surface area (Å²) in [6, 6.07) is 2.61. The second-order valence-electron chi connectivity index (χ2n) is 4.55. The number of amides is 1. The third kappa shape index (κ3) is 4.18. The van der Waals surface area contributed by atoms with Gasteiger partial charge < -0.3 is 10.4 Å². The van der Waals surface area contributed by atoms with Crippen molar-refractivity contribution in [2.45, 2.75) is 37.7 Å². The normalized spacial score (nSPS) is 15.5. The van der Waals surface area contributed by atoms with E-state index in [2.05, 4.69) is 5.32 Å². The average Bonchev–Trinajstić information content (AvgIpc) is 2.42. The number of hydrogen-bond acceptors (Lipinski definition) is 3. The summed E-state index contributed by atoms with van der Waals surface area (Å²) in [6.07, 6.45) is 1.43. The van der Waals surface area contributed by atoms with E-state index in [-0.39, 0.29) is 16.7 Å². The monoisotopic (exact) mass is 303 g/mol. The van der Waals surface area contributed by atoms with Crippen LogP contribution in [0.3, 0.4) is 0 Å². The molecule has 3 nitrogen and oxygen atoms in total. The molecule has 1 amide bonds. The lowest BCUT2D eigenvalue weighted by Crippen LogP contribution is -2.41. The number of benzene rings is 1. The highest BCUT2D eigenvalue weighted by atomic mass is 32.2. The first-order chi connectivity index (χ1) is 9.40. The molecule has 0 aliphatic carbocycles. The van der Waals surface area contributed by atoms with Crippen LogP contribution in [0.4, 0.5) is 8.78 Å². The van der Waals surface area contributed by atoms with Crippen LogP contribution in [0, 0.1) is 11.6 Å². The first kappa shape index (κ1) is 16.9. The Morgan fingerprint density at radius 1 is 1.40 bits per heavy atom. The number of aliphatic hydroxyl groups excluding tert-OH is 1. The van der Waals surface area contributed by atoms with Crippen molar-refractivity contribution in [1.82, 2.24) is 5.32 Å². The van der Waals surface area contributed by atoms with Gasteiger partial charge in [-0.05, 0) is 37.3 Å². The molecule has 0 fully saturated rings. The fourth-order valence-corrected chi connectivity index (χ4v) is 2.46. The van der Waals surface area contributed by atoms with Gasteiger partial charge in [0.25, 0.3) is 0 Å². The maximum Gasteiger partial charge on any atom is 0.233 e. The van der Waals surface area contributed by atoms with Gasteiger partial charge in [-0.15, -0.1) is 0 Å². The summed E-state index contributed by atoms with van der Waals surface area (Å²) in [5, 5.41) is 12.6. The van der Waals surface area contributed by atoms with E-state index in [1.807, 2.05) is 13.2 Å². The molecule has 0 aliphatic heterocycles. The molecule has 1 rings (SSSR count). The molecule has 3 unspecified atom stereocenters. The van der Waals surface area contributed by atoms with E-state index in [4.69, 9.17) is 0 Å². The molecular formula is C14H19F2NO2S. The van der Waals surface area contributed by atoms with E-state index < -0.39 is 23.8 Å². The zero-order valence-electron chi connectivity index (χ0n) is 11.7. The number of nitrogens with one attached hydrogen (secondary N) is 1. The minimum Gasteiger partial charge on any atom is -0.386 e. The van der Waals surface area contributed by atoms with Gasteiger partial charge in [0.2, 0.25) is 5.91 Å².